The van der Waals surface area contributed by atoms with E-state index >= 15 is 0 Å². The van der Waals surface area contributed by atoms with E-state index in [-0.39, 0.29) is 25.1 Å². The van der Waals surface area contributed by atoms with Crippen LogP contribution >= 0.6 is 11.6 Å². The largest absolute Gasteiger partial charge is 0.441 e. The van der Waals surface area contributed by atoms with E-state index in [1.807, 2.05) is 50.2 Å². The third-order valence-corrected chi connectivity index (χ3v) is 5.61. The first-order valence-corrected chi connectivity index (χ1v) is 10.8. The van der Waals surface area contributed by atoms with Crippen molar-refractivity contribution in [3.05, 3.63) is 92.2 Å². The van der Waals surface area contributed by atoms with Gasteiger partial charge in [0.05, 0.1) is 6.54 Å². The maximum absolute atomic E-state index is 13.4. The maximum Gasteiger partial charge on any atom is 0.257 e. The topological polar surface area (TPSA) is 81.1 Å². The van der Waals surface area contributed by atoms with Gasteiger partial charge in [-0.1, -0.05) is 41.4 Å². The SMILES string of the molecule is Cc1cccc(-c2nc(Cn3c(-c4cccc(Cl)c4)nc(C)c(CCO)c3=O)c(C)o2)c1. The molecule has 0 bridgehead atoms. The fourth-order valence-electron chi connectivity index (χ4n) is 3.72. The van der Waals surface area contributed by atoms with Crippen LogP contribution in [-0.2, 0) is 13.0 Å². The molecule has 0 fully saturated rings. The van der Waals surface area contributed by atoms with Crippen molar-refractivity contribution >= 4 is 11.6 Å². The number of hydrogen-bond donors (Lipinski definition) is 1. The molecule has 0 atom stereocenters. The molecular formula is C25H24ClN3O3. The summed E-state index contributed by atoms with van der Waals surface area (Å²) < 4.78 is 7.50. The first-order valence-electron chi connectivity index (χ1n) is 10.4. The van der Waals surface area contributed by atoms with Gasteiger partial charge >= 0.3 is 0 Å². The third kappa shape index (κ3) is 4.38. The fraction of sp³-hybridized carbons (Fsp3) is 0.240. The number of aryl methyl sites for hydroxylation is 3. The molecule has 1 N–H and O–H groups in total. The van der Waals surface area contributed by atoms with Crippen molar-refractivity contribution in [2.24, 2.45) is 0 Å². The number of hydrogen-bond acceptors (Lipinski definition) is 5. The van der Waals surface area contributed by atoms with E-state index in [1.54, 1.807) is 23.6 Å². The molecule has 6 nitrogen and oxygen atoms in total. The summed E-state index contributed by atoms with van der Waals surface area (Å²) in [6, 6.07) is 15.2. The standard InChI is InChI=1S/C25H24ClN3O3/c1-15-6-4-8-19(12-15)24-28-22(17(3)32-24)14-29-23(18-7-5-9-20(26)13-18)27-16(2)21(10-11-30)25(29)31/h4-9,12-13,30H,10-11,14H2,1-3H3. The lowest BCUT2D eigenvalue weighted by molar-refractivity contribution is 0.298. The van der Waals surface area contributed by atoms with Gasteiger partial charge in [0.2, 0.25) is 5.89 Å². The van der Waals surface area contributed by atoms with E-state index < -0.39 is 0 Å². The molecule has 2 aromatic heterocycles. The molecule has 0 saturated carbocycles. The molecule has 0 aliphatic carbocycles. The smallest absolute Gasteiger partial charge is 0.257 e. The Morgan fingerprint density at radius 2 is 1.78 bits per heavy atom. The minimum Gasteiger partial charge on any atom is -0.441 e. The third-order valence-electron chi connectivity index (χ3n) is 5.38. The molecular weight excluding hydrogens is 426 g/mol. The van der Waals surface area contributed by atoms with E-state index in [0.29, 0.717) is 39.4 Å². The number of benzene rings is 2. The number of aromatic nitrogens is 3. The summed E-state index contributed by atoms with van der Waals surface area (Å²) in [5.41, 5.74) is 4.23. The lowest BCUT2D eigenvalue weighted by Gasteiger charge is -2.15. The van der Waals surface area contributed by atoms with E-state index in [1.165, 1.54) is 0 Å². The molecule has 0 spiro atoms. The number of aliphatic hydroxyl groups is 1. The Kier molecular flexibility index (Phi) is 6.26. The molecule has 0 aliphatic heterocycles. The zero-order valence-electron chi connectivity index (χ0n) is 18.2. The second-order valence-electron chi connectivity index (χ2n) is 7.77. The number of oxazole rings is 1. The van der Waals surface area contributed by atoms with Crippen molar-refractivity contribution in [1.82, 2.24) is 14.5 Å². The van der Waals surface area contributed by atoms with Crippen LogP contribution in [0.1, 0.15) is 28.3 Å². The van der Waals surface area contributed by atoms with Crippen molar-refractivity contribution in [3.8, 4) is 22.8 Å². The number of aliphatic hydroxyl groups excluding tert-OH is 1. The summed E-state index contributed by atoms with van der Waals surface area (Å²) in [6.07, 6.45) is 0.236. The molecule has 0 amide bonds. The van der Waals surface area contributed by atoms with Gasteiger partial charge in [-0.05, 0) is 45.0 Å². The Morgan fingerprint density at radius 1 is 1.03 bits per heavy atom. The average Bonchev–Trinajstić information content (AvgIpc) is 3.13. The number of rotatable bonds is 6. The lowest BCUT2D eigenvalue weighted by Crippen LogP contribution is -2.29. The van der Waals surface area contributed by atoms with Gasteiger partial charge in [0, 0.05) is 40.4 Å². The van der Waals surface area contributed by atoms with Crippen molar-refractivity contribution in [2.75, 3.05) is 6.61 Å². The quantitative estimate of drug-likeness (QED) is 0.460. The van der Waals surface area contributed by atoms with Gasteiger partial charge < -0.3 is 9.52 Å². The molecule has 32 heavy (non-hydrogen) atoms. The first kappa shape index (κ1) is 22.0. The average molecular weight is 450 g/mol. The second kappa shape index (κ2) is 9.10. The van der Waals surface area contributed by atoms with Crippen LogP contribution in [0.5, 0.6) is 0 Å². The van der Waals surface area contributed by atoms with Crippen LogP contribution in [0.15, 0.2) is 57.7 Å². The zero-order chi connectivity index (χ0) is 22.8. The van der Waals surface area contributed by atoms with E-state index in [4.69, 9.17) is 21.0 Å². The van der Waals surface area contributed by atoms with Crippen molar-refractivity contribution in [2.45, 2.75) is 33.7 Å². The van der Waals surface area contributed by atoms with Crippen LogP contribution in [-0.4, -0.2) is 26.2 Å². The second-order valence-corrected chi connectivity index (χ2v) is 8.20. The van der Waals surface area contributed by atoms with Gasteiger partial charge in [0.25, 0.3) is 5.56 Å². The molecule has 0 radical (unpaired) electrons. The molecule has 7 heteroatoms. The summed E-state index contributed by atoms with van der Waals surface area (Å²) in [5.74, 6) is 1.64. The van der Waals surface area contributed by atoms with Gasteiger partial charge in [0.1, 0.15) is 17.3 Å². The monoisotopic (exact) mass is 449 g/mol. The summed E-state index contributed by atoms with van der Waals surface area (Å²) in [7, 11) is 0. The van der Waals surface area contributed by atoms with Gasteiger partial charge in [-0.2, -0.15) is 0 Å². The van der Waals surface area contributed by atoms with Gasteiger partial charge in [0.15, 0.2) is 0 Å². The first-order chi connectivity index (χ1) is 15.4. The van der Waals surface area contributed by atoms with E-state index in [2.05, 4.69) is 4.98 Å². The number of nitrogens with zero attached hydrogens (tertiary/aromatic N) is 3. The Morgan fingerprint density at radius 3 is 2.50 bits per heavy atom. The summed E-state index contributed by atoms with van der Waals surface area (Å²) in [4.78, 5) is 22.8. The normalized spacial score (nSPS) is 11.2. The molecule has 0 saturated heterocycles. The minimum absolute atomic E-state index is 0.130. The predicted octanol–water partition coefficient (Wildman–Crippen LogP) is 4.73. The highest BCUT2D eigenvalue weighted by Crippen LogP contribution is 2.25. The Hall–Kier alpha value is -3.22. The van der Waals surface area contributed by atoms with Crippen LogP contribution in [0.4, 0.5) is 0 Å². The molecule has 4 rings (SSSR count). The molecule has 2 aromatic carbocycles. The highest BCUT2D eigenvalue weighted by molar-refractivity contribution is 6.30. The highest BCUT2D eigenvalue weighted by atomic mass is 35.5. The van der Waals surface area contributed by atoms with Crippen LogP contribution in [0, 0.1) is 20.8 Å². The molecule has 2 heterocycles. The van der Waals surface area contributed by atoms with E-state index in [9.17, 15) is 9.90 Å². The van der Waals surface area contributed by atoms with Gasteiger partial charge in [-0.25, -0.2) is 9.97 Å². The van der Waals surface area contributed by atoms with Crippen molar-refractivity contribution in [3.63, 3.8) is 0 Å². The van der Waals surface area contributed by atoms with Gasteiger partial charge in [-0.3, -0.25) is 9.36 Å². The highest BCUT2D eigenvalue weighted by Gasteiger charge is 2.19. The zero-order valence-corrected chi connectivity index (χ0v) is 19.0. The summed E-state index contributed by atoms with van der Waals surface area (Å²) in [5, 5.41) is 10.0. The molecule has 0 unspecified atom stereocenters. The predicted molar refractivity (Wildman–Crippen MR) is 125 cm³/mol. The van der Waals surface area contributed by atoms with Crippen molar-refractivity contribution in [1.29, 1.82) is 0 Å². The lowest BCUT2D eigenvalue weighted by atomic mass is 10.1. The van der Waals surface area contributed by atoms with Crippen LogP contribution < -0.4 is 5.56 Å². The van der Waals surface area contributed by atoms with Gasteiger partial charge in [-0.15, -0.1) is 0 Å². The Bertz CT molecular complexity index is 1340. The van der Waals surface area contributed by atoms with Crippen LogP contribution in [0.2, 0.25) is 5.02 Å². The fourth-order valence-corrected chi connectivity index (χ4v) is 3.91. The maximum atomic E-state index is 13.4. The molecule has 4 aromatic rings. The van der Waals surface area contributed by atoms with Crippen LogP contribution in [0.25, 0.3) is 22.8 Å². The van der Waals surface area contributed by atoms with E-state index in [0.717, 1.165) is 16.7 Å². The Balaban J connectivity index is 1.84. The summed E-state index contributed by atoms with van der Waals surface area (Å²) >= 11 is 6.20. The molecule has 164 valence electrons. The Labute approximate surface area is 191 Å². The van der Waals surface area contributed by atoms with Crippen molar-refractivity contribution < 1.29 is 9.52 Å². The molecule has 0 aliphatic rings. The number of halogens is 1. The minimum atomic E-state index is -0.207. The van der Waals surface area contributed by atoms with Crippen LogP contribution in [0.3, 0.4) is 0 Å². The summed E-state index contributed by atoms with van der Waals surface area (Å²) in [6.45, 7) is 5.68.